The topological polar surface area (TPSA) is 41.0 Å². The summed E-state index contributed by atoms with van der Waals surface area (Å²) in [6, 6.07) is 8.64. The van der Waals surface area contributed by atoms with Crippen molar-refractivity contribution in [3.8, 4) is 11.1 Å². The Morgan fingerprint density at radius 3 is 2.64 bits per heavy atom. The summed E-state index contributed by atoms with van der Waals surface area (Å²) in [6.07, 6.45) is 14.0. The lowest BCUT2D eigenvalue weighted by Crippen LogP contribution is -2.41. The summed E-state index contributed by atoms with van der Waals surface area (Å²) in [6.45, 7) is 1.76. The van der Waals surface area contributed by atoms with Crippen LogP contribution < -0.4 is 5.32 Å². The average Bonchev–Trinajstić information content (AvgIpc) is 2.74. The molecule has 2 aromatic heterocycles. The molecule has 6 heteroatoms. The number of halogens is 1. The number of hydrogen-bond acceptors (Lipinski definition) is 4. The smallest absolute Gasteiger partial charge is 0.117 e. The van der Waals surface area contributed by atoms with Crippen LogP contribution in [0.4, 0.5) is 10.1 Å². The molecule has 0 radical (unpaired) electrons. The van der Waals surface area contributed by atoms with Gasteiger partial charge in [0.15, 0.2) is 0 Å². The molecule has 1 N–H and O–H groups in total. The Labute approximate surface area is 168 Å². The van der Waals surface area contributed by atoms with E-state index in [1.807, 2.05) is 24.5 Å². The Morgan fingerprint density at radius 1 is 1.07 bits per heavy atom. The minimum absolute atomic E-state index is 0.340. The number of alkyl halides is 1. The van der Waals surface area contributed by atoms with E-state index in [0.29, 0.717) is 22.7 Å². The zero-order valence-corrected chi connectivity index (χ0v) is 17.2. The third-order valence-electron chi connectivity index (χ3n) is 5.37. The summed E-state index contributed by atoms with van der Waals surface area (Å²) >= 11 is 0.340. The van der Waals surface area contributed by atoms with Crippen LogP contribution in [0.15, 0.2) is 49.1 Å². The number of pyridine rings is 2. The Balaban J connectivity index is 1.65. The molecule has 0 saturated carbocycles. The van der Waals surface area contributed by atoms with E-state index >= 15 is 0 Å². The molecule has 1 aliphatic rings. The molecule has 1 aliphatic heterocycles. The summed E-state index contributed by atoms with van der Waals surface area (Å²) in [7, 11) is 0. The van der Waals surface area contributed by atoms with Crippen LogP contribution in [0.1, 0.15) is 18.4 Å². The summed E-state index contributed by atoms with van der Waals surface area (Å²) in [5.41, 5.74) is 3.68. The van der Waals surface area contributed by atoms with Crippen LogP contribution in [0.25, 0.3) is 21.9 Å². The number of piperidine rings is 1. The van der Waals surface area contributed by atoms with Crippen molar-refractivity contribution in [2.75, 3.05) is 30.9 Å². The lowest BCUT2D eigenvalue weighted by Gasteiger charge is -2.30. The summed E-state index contributed by atoms with van der Waals surface area (Å²) in [5, 5.41) is 6.01. The van der Waals surface area contributed by atoms with Gasteiger partial charge in [-0.05, 0) is 48.1 Å². The first-order valence-corrected chi connectivity index (χ1v) is 11.6. The van der Waals surface area contributed by atoms with E-state index < -0.39 is 6.67 Å². The minimum Gasteiger partial charge on any atom is -0.382 e. The molecule has 4 nitrogen and oxygen atoms in total. The molecular weight excluding hydrogens is 371 g/mol. The van der Waals surface area contributed by atoms with E-state index in [0.717, 1.165) is 53.5 Å². The van der Waals surface area contributed by atoms with Crippen molar-refractivity contribution in [3.05, 3.63) is 54.6 Å². The van der Waals surface area contributed by atoms with Crippen molar-refractivity contribution >= 4 is 27.5 Å². The lowest BCUT2D eigenvalue weighted by molar-refractivity contribution is 0.354. The van der Waals surface area contributed by atoms with Crippen molar-refractivity contribution in [1.29, 1.82) is 0 Å². The molecule has 0 aliphatic carbocycles. The van der Waals surface area contributed by atoms with Crippen LogP contribution in [0.5, 0.6) is 0 Å². The fourth-order valence-electron chi connectivity index (χ4n) is 3.79. The Bertz CT molecular complexity index is 954. The number of nitrogens with one attached hydrogen (secondary N) is 1. The second-order valence-corrected chi connectivity index (χ2v) is 9.52. The van der Waals surface area contributed by atoms with Crippen molar-refractivity contribution in [3.63, 3.8) is 0 Å². The molecule has 0 unspecified atom stereocenters. The predicted octanol–water partition coefficient (Wildman–Crippen LogP) is 4.44. The molecule has 4 rings (SSSR count). The van der Waals surface area contributed by atoms with Gasteiger partial charge in [-0.3, -0.25) is 9.97 Å². The molecule has 28 heavy (non-hydrogen) atoms. The highest BCUT2D eigenvalue weighted by Gasteiger charge is 2.26. The zero-order valence-electron chi connectivity index (χ0n) is 16.4. The molecule has 3 aromatic rings. The van der Waals surface area contributed by atoms with Gasteiger partial charge < -0.3 is 5.32 Å². The molecule has 3 heterocycles. The maximum atomic E-state index is 13.1. The van der Waals surface area contributed by atoms with Gasteiger partial charge in [0.1, 0.15) is 19.2 Å². The van der Waals surface area contributed by atoms with Gasteiger partial charge in [-0.25, -0.2) is 4.39 Å². The molecule has 0 atom stereocenters. The number of rotatable bonds is 5. The van der Waals surface area contributed by atoms with Gasteiger partial charge in [0, 0.05) is 66.1 Å². The largest absolute Gasteiger partial charge is 0.382 e. The number of benzene rings is 1. The van der Waals surface area contributed by atoms with E-state index in [2.05, 4.69) is 44.2 Å². The number of fused-ring (bicyclic) bond motifs is 1. The Kier molecular flexibility index (Phi) is 5.78. The fourth-order valence-corrected chi connectivity index (χ4v) is 4.73. The van der Waals surface area contributed by atoms with E-state index in [1.54, 1.807) is 12.4 Å². The van der Waals surface area contributed by atoms with Crippen LogP contribution in [0.2, 0.25) is 0 Å². The molecule has 1 aromatic carbocycles. The normalized spacial score (nSPS) is 16.0. The minimum atomic E-state index is -0.501. The summed E-state index contributed by atoms with van der Waals surface area (Å²) < 4.78 is 15.6. The highest BCUT2D eigenvalue weighted by Crippen LogP contribution is 2.32. The van der Waals surface area contributed by atoms with Crippen molar-refractivity contribution in [2.45, 2.75) is 25.6 Å². The number of anilines is 1. The highest BCUT2D eigenvalue weighted by atomic mass is 32.2. The third kappa shape index (κ3) is 4.13. The van der Waals surface area contributed by atoms with Gasteiger partial charge in [0.25, 0.3) is 0 Å². The maximum Gasteiger partial charge on any atom is 0.117 e. The highest BCUT2D eigenvalue weighted by molar-refractivity contribution is 7.93. The molecule has 0 bridgehead atoms. The van der Waals surface area contributed by atoms with Crippen LogP contribution in [0.3, 0.4) is 0 Å². The quantitative estimate of drug-likeness (QED) is 0.647. The van der Waals surface area contributed by atoms with Crippen LogP contribution in [0, 0.1) is 0 Å². The first-order chi connectivity index (χ1) is 13.6. The molecule has 0 amide bonds. The van der Waals surface area contributed by atoms with E-state index in [-0.39, 0.29) is 0 Å². The lowest BCUT2D eigenvalue weighted by atomic mass is 9.99. The molecule has 146 valence electrons. The molecule has 0 spiro atoms. The first kappa shape index (κ1) is 19.2. The van der Waals surface area contributed by atoms with E-state index in [1.165, 1.54) is 0 Å². The Hall–Kier alpha value is -2.18. The SMILES string of the molecule is C[S+](C)N1CCC(Nc2cc(-c3cncc(CF)c3)cc3ccncc23)CC1. The van der Waals surface area contributed by atoms with Gasteiger partial charge in [-0.15, -0.1) is 4.31 Å². The number of nitrogens with zero attached hydrogens (tertiary/aromatic N) is 3. The molecule has 1 fully saturated rings. The maximum absolute atomic E-state index is 13.1. The van der Waals surface area contributed by atoms with Gasteiger partial charge in [0.2, 0.25) is 0 Å². The second kappa shape index (κ2) is 8.45. The van der Waals surface area contributed by atoms with Gasteiger partial charge in [0.05, 0.1) is 11.1 Å². The standard InChI is InChI=1S/C22H26FN4S/c1-28(2)27-7-4-20(5-8-27)26-22-11-18(10-17-3-6-24-15-21(17)22)19-9-16(12-23)13-25-14-19/h3,6,9-11,13-15,20,26H,4-5,7-8,12H2,1-2H3/q+1. The van der Waals surface area contributed by atoms with Crippen molar-refractivity contribution < 1.29 is 4.39 Å². The van der Waals surface area contributed by atoms with Crippen LogP contribution in [-0.2, 0) is 17.8 Å². The number of hydrogen-bond donors (Lipinski definition) is 1. The second-order valence-electron chi connectivity index (χ2n) is 7.46. The molecule has 1 saturated heterocycles. The zero-order chi connectivity index (χ0) is 19.5. The van der Waals surface area contributed by atoms with Gasteiger partial charge in [-0.1, -0.05) is 0 Å². The summed E-state index contributed by atoms with van der Waals surface area (Å²) in [5.74, 6) is 0. The van der Waals surface area contributed by atoms with Crippen molar-refractivity contribution in [1.82, 2.24) is 14.3 Å². The first-order valence-electron chi connectivity index (χ1n) is 9.61. The summed E-state index contributed by atoms with van der Waals surface area (Å²) in [4.78, 5) is 8.53. The average molecular weight is 398 g/mol. The van der Waals surface area contributed by atoms with E-state index in [4.69, 9.17) is 0 Å². The Morgan fingerprint density at radius 2 is 1.89 bits per heavy atom. The van der Waals surface area contributed by atoms with Gasteiger partial charge >= 0.3 is 0 Å². The van der Waals surface area contributed by atoms with Crippen molar-refractivity contribution in [2.24, 2.45) is 0 Å². The fraction of sp³-hybridized carbons (Fsp3) is 0.364. The van der Waals surface area contributed by atoms with Gasteiger partial charge in [-0.2, -0.15) is 0 Å². The third-order valence-corrected chi connectivity index (χ3v) is 6.77. The van der Waals surface area contributed by atoms with Crippen LogP contribution in [-0.4, -0.2) is 45.9 Å². The number of aromatic nitrogens is 2. The van der Waals surface area contributed by atoms with Crippen LogP contribution >= 0.6 is 0 Å². The van der Waals surface area contributed by atoms with E-state index in [9.17, 15) is 4.39 Å². The monoisotopic (exact) mass is 397 g/mol. The molecular formula is C22H26FN4S+. The predicted molar refractivity (Wildman–Crippen MR) is 117 cm³/mol.